The van der Waals surface area contributed by atoms with Crippen LogP contribution in [-0.2, 0) is 13.8 Å². The number of aliphatic hydroxyl groups excluding tert-OH is 1. The van der Waals surface area contributed by atoms with Crippen LogP contribution in [0.3, 0.4) is 0 Å². The maximum absolute atomic E-state index is 12.3. The summed E-state index contributed by atoms with van der Waals surface area (Å²) in [6.07, 6.45) is -1.74. The predicted molar refractivity (Wildman–Crippen MR) is 104 cm³/mol. The van der Waals surface area contributed by atoms with E-state index in [2.05, 4.69) is 9.51 Å². The molecule has 158 valence electrons. The van der Waals surface area contributed by atoms with E-state index in [-0.39, 0.29) is 12.0 Å². The van der Waals surface area contributed by atoms with Crippen LogP contribution in [0, 0.1) is 0 Å². The van der Waals surface area contributed by atoms with E-state index in [0.717, 1.165) is 10.3 Å². The Hall–Kier alpha value is -2.27. The highest BCUT2D eigenvalue weighted by Crippen LogP contribution is 2.38. The van der Waals surface area contributed by atoms with Crippen molar-refractivity contribution < 1.29 is 28.7 Å². The molecule has 1 aromatic heterocycles. The van der Waals surface area contributed by atoms with Gasteiger partial charge in [0.25, 0.3) is 5.56 Å². The number of aromatic amines is 1. The van der Waals surface area contributed by atoms with E-state index in [1.54, 1.807) is 12.1 Å². The fourth-order valence-electron chi connectivity index (χ4n) is 3.05. The van der Waals surface area contributed by atoms with Crippen LogP contribution in [0.4, 0.5) is 5.69 Å². The summed E-state index contributed by atoms with van der Waals surface area (Å²) in [5.41, 5.74) is 0.475. The number of aromatic nitrogens is 2. The maximum atomic E-state index is 12.3. The number of H-pyrrole nitrogens is 1. The number of phosphoric ester groups is 1. The Morgan fingerprint density at radius 1 is 1.28 bits per heavy atom. The molecule has 12 heteroatoms. The molecule has 1 aliphatic rings. The van der Waals surface area contributed by atoms with Gasteiger partial charge in [0, 0.05) is 32.4 Å². The number of benzene rings is 1. The third-order valence-electron chi connectivity index (χ3n) is 4.58. The molecule has 11 nitrogen and oxygen atoms in total. The molecule has 29 heavy (non-hydrogen) atoms. The van der Waals surface area contributed by atoms with Gasteiger partial charge >= 0.3 is 13.5 Å². The summed E-state index contributed by atoms with van der Waals surface area (Å²) < 4.78 is 21.9. The van der Waals surface area contributed by atoms with Crippen molar-refractivity contribution in [3.63, 3.8) is 0 Å². The highest BCUT2D eigenvalue weighted by atomic mass is 31.2. The number of aliphatic hydroxyl groups is 1. The SMILES string of the molecule is CN(C)c1ccc(-c2cn([C@H]3C[C@H](O)[C@@H](COP(=O)(O)O)O3)c(=O)[nH]c2=O)cc1. The normalized spacial score (nSPS) is 22.0. The number of rotatable bonds is 6. The monoisotopic (exact) mass is 427 g/mol. The van der Waals surface area contributed by atoms with Gasteiger partial charge in [-0.1, -0.05) is 12.1 Å². The van der Waals surface area contributed by atoms with Crippen molar-refractivity contribution in [2.24, 2.45) is 0 Å². The molecular formula is C17H22N3O8P. The van der Waals surface area contributed by atoms with E-state index < -0.39 is 44.1 Å². The van der Waals surface area contributed by atoms with Crippen LogP contribution >= 0.6 is 7.82 Å². The van der Waals surface area contributed by atoms with Crippen LogP contribution in [0.25, 0.3) is 11.1 Å². The van der Waals surface area contributed by atoms with E-state index in [1.165, 1.54) is 6.20 Å². The molecule has 0 aliphatic carbocycles. The first-order valence-corrected chi connectivity index (χ1v) is 10.2. The molecule has 0 spiro atoms. The lowest BCUT2D eigenvalue weighted by Crippen LogP contribution is -2.33. The molecule has 4 N–H and O–H groups in total. The van der Waals surface area contributed by atoms with E-state index in [1.807, 2.05) is 31.1 Å². The zero-order valence-corrected chi connectivity index (χ0v) is 16.7. The van der Waals surface area contributed by atoms with Gasteiger partial charge < -0.3 is 24.5 Å². The van der Waals surface area contributed by atoms with Gasteiger partial charge in [-0.2, -0.15) is 0 Å². The Balaban J connectivity index is 1.87. The number of nitrogens with zero attached hydrogens (tertiary/aromatic N) is 2. The van der Waals surface area contributed by atoms with Crippen LogP contribution in [0.2, 0.25) is 0 Å². The minimum atomic E-state index is -4.72. The molecule has 0 saturated carbocycles. The van der Waals surface area contributed by atoms with E-state index in [0.29, 0.717) is 5.56 Å². The maximum Gasteiger partial charge on any atom is 0.469 e. The molecule has 1 aromatic carbocycles. The van der Waals surface area contributed by atoms with Crippen molar-refractivity contribution in [3.8, 4) is 11.1 Å². The summed E-state index contributed by atoms with van der Waals surface area (Å²) in [5, 5.41) is 10.1. The van der Waals surface area contributed by atoms with Gasteiger partial charge in [-0.05, 0) is 17.7 Å². The second-order valence-electron chi connectivity index (χ2n) is 6.87. The van der Waals surface area contributed by atoms with Gasteiger partial charge in [0.1, 0.15) is 12.3 Å². The Morgan fingerprint density at radius 3 is 2.52 bits per heavy atom. The van der Waals surface area contributed by atoms with Gasteiger partial charge in [0.05, 0.1) is 18.3 Å². The molecule has 2 heterocycles. The highest BCUT2D eigenvalue weighted by molar-refractivity contribution is 7.46. The number of ether oxygens (including phenoxy) is 1. The molecule has 0 bridgehead atoms. The van der Waals surface area contributed by atoms with Crippen molar-refractivity contribution in [2.45, 2.75) is 24.9 Å². The van der Waals surface area contributed by atoms with Crippen molar-refractivity contribution >= 4 is 13.5 Å². The quantitative estimate of drug-likeness (QED) is 0.467. The third kappa shape index (κ3) is 5.02. The smallest absolute Gasteiger partial charge is 0.390 e. The van der Waals surface area contributed by atoms with Crippen LogP contribution in [-0.4, -0.2) is 57.4 Å². The predicted octanol–water partition coefficient (Wildman–Crippen LogP) is 0.0273. The minimum Gasteiger partial charge on any atom is -0.390 e. The lowest BCUT2D eigenvalue weighted by molar-refractivity contribution is -0.0450. The van der Waals surface area contributed by atoms with Crippen LogP contribution in [0.5, 0.6) is 0 Å². The second kappa shape index (κ2) is 8.23. The van der Waals surface area contributed by atoms with Gasteiger partial charge in [-0.25, -0.2) is 9.36 Å². The number of anilines is 1. The summed E-state index contributed by atoms with van der Waals surface area (Å²) in [5.74, 6) is 0. The Bertz CT molecular complexity index is 1030. The number of hydrogen-bond donors (Lipinski definition) is 4. The van der Waals surface area contributed by atoms with Crippen molar-refractivity contribution in [1.29, 1.82) is 0 Å². The standard InChI is InChI=1S/C17H22N3O8P/c1-19(2)11-5-3-10(4-6-11)12-8-20(17(23)18-16(12)22)15-7-13(21)14(28-15)9-27-29(24,25)26/h3-6,8,13-15,21H,7,9H2,1-2H3,(H,18,22,23)(H2,24,25,26)/t13-,14+,15+/m0/s1. The molecular weight excluding hydrogens is 405 g/mol. The zero-order valence-electron chi connectivity index (χ0n) is 15.8. The number of phosphoric acid groups is 1. The van der Waals surface area contributed by atoms with Crippen LogP contribution < -0.4 is 16.1 Å². The molecule has 1 aliphatic heterocycles. The first-order chi connectivity index (χ1) is 13.5. The third-order valence-corrected chi connectivity index (χ3v) is 5.07. The lowest BCUT2D eigenvalue weighted by atomic mass is 10.1. The van der Waals surface area contributed by atoms with E-state index in [9.17, 15) is 19.3 Å². The molecule has 0 radical (unpaired) electrons. The Kier molecular flexibility index (Phi) is 6.08. The largest absolute Gasteiger partial charge is 0.469 e. The lowest BCUT2D eigenvalue weighted by Gasteiger charge is -2.17. The van der Waals surface area contributed by atoms with Gasteiger partial charge in [-0.3, -0.25) is 18.9 Å². The summed E-state index contributed by atoms with van der Waals surface area (Å²) in [6, 6.07) is 7.15. The summed E-state index contributed by atoms with van der Waals surface area (Å²) in [7, 11) is -0.950. The van der Waals surface area contributed by atoms with Crippen molar-refractivity contribution in [2.75, 3.05) is 25.6 Å². The average Bonchev–Trinajstić information content (AvgIpc) is 3.00. The minimum absolute atomic E-state index is 0.0137. The second-order valence-corrected chi connectivity index (χ2v) is 8.11. The molecule has 3 atom stereocenters. The fraction of sp³-hybridized carbons (Fsp3) is 0.412. The summed E-state index contributed by atoms with van der Waals surface area (Å²) >= 11 is 0. The first kappa shape index (κ1) is 21.4. The molecule has 0 amide bonds. The van der Waals surface area contributed by atoms with Crippen molar-refractivity contribution in [1.82, 2.24) is 9.55 Å². The van der Waals surface area contributed by atoms with Gasteiger partial charge in [0.15, 0.2) is 0 Å². The molecule has 2 aromatic rings. The molecule has 1 saturated heterocycles. The Morgan fingerprint density at radius 2 is 1.93 bits per heavy atom. The van der Waals surface area contributed by atoms with Gasteiger partial charge in [0.2, 0.25) is 0 Å². The number of nitrogens with one attached hydrogen (secondary N) is 1. The molecule has 0 unspecified atom stereocenters. The average molecular weight is 427 g/mol. The summed E-state index contributed by atoms with van der Waals surface area (Å²) in [6.45, 7) is -0.543. The van der Waals surface area contributed by atoms with E-state index >= 15 is 0 Å². The van der Waals surface area contributed by atoms with Crippen molar-refractivity contribution in [3.05, 3.63) is 51.3 Å². The Labute approximate surface area is 165 Å². The number of hydrogen-bond acceptors (Lipinski definition) is 7. The highest BCUT2D eigenvalue weighted by Gasteiger charge is 2.37. The summed E-state index contributed by atoms with van der Waals surface area (Å²) in [4.78, 5) is 46.3. The fourth-order valence-corrected chi connectivity index (χ4v) is 3.39. The van der Waals surface area contributed by atoms with E-state index in [4.69, 9.17) is 14.5 Å². The molecule has 3 rings (SSSR count). The zero-order chi connectivity index (χ0) is 21.3. The molecule has 1 fully saturated rings. The van der Waals surface area contributed by atoms with Crippen LogP contribution in [0.1, 0.15) is 12.6 Å². The first-order valence-electron chi connectivity index (χ1n) is 8.72. The van der Waals surface area contributed by atoms with Gasteiger partial charge in [-0.15, -0.1) is 0 Å². The topological polar surface area (TPSA) is 154 Å². The van der Waals surface area contributed by atoms with Crippen LogP contribution in [0.15, 0.2) is 40.1 Å².